The van der Waals surface area contributed by atoms with Crippen LogP contribution in [0.4, 0.5) is 10.1 Å². The molecule has 1 amide bonds. The Kier molecular flexibility index (Phi) is 13.6. The third kappa shape index (κ3) is 10.0. The molecular weight excluding hydrogens is 850 g/mol. The Labute approximate surface area is 383 Å². The highest BCUT2D eigenvalue weighted by Crippen LogP contribution is 2.41. The first-order valence-corrected chi connectivity index (χ1v) is 22.4. The van der Waals surface area contributed by atoms with Crippen molar-refractivity contribution in [3.8, 4) is 22.6 Å². The van der Waals surface area contributed by atoms with Gasteiger partial charge in [-0.05, 0) is 131 Å². The molecule has 0 fully saturated rings. The molecule has 0 aliphatic carbocycles. The van der Waals surface area contributed by atoms with Crippen LogP contribution in [0.15, 0.2) is 115 Å². The molecule has 0 saturated heterocycles. The molecule has 0 radical (unpaired) electrons. The normalized spacial score (nSPS) is 17.0. The van der Waals surface area contributed by atoms with Crippen molar-refractivity contribution in [1.82, 2.24) is 15.2 Å². The van der Waals surface area contributed by atoms with Crippen LogP contribution in [0.1, 0.15) is 76.6 Å². The van der Waals surface area contributed by atoms with Gasteiger partial charge in [0.05, 0.1) is 21.8 Å². The summed E-state index contributed by atoms with van der Waals surface area (Å²) in [6, 6.07) is 31.9. The third-order valence-electron chi connectivity index (χ3n) is 12.5. The number of benzene rings is 5. The van der Waals surface area contributed by atoms with Gasteiger partial charge in [-0.1, -0.05) is 84.7 Å². The number of carbonyl (C=O) groups is 2. The van der Waals surface area contributed by atoms with Gasteiger partial charge in [0.15, 0.2) is 0 Å². The van der Waals surface area contributed by atoms with Crippen LogP contribution >= 0.6 is 23.2 Å². The first-order valence-electron chi connectivity index (χ1n) is 21.6. The summed E-state index contributed by atoms with van der Waals surface area (Å²) >= 11 is 12.5. The van der Waals surface area contributed by atoms with Crippen LogP contribution in [0.2, 0.25) is 10.0 Å². The Bertz CT molecular complexity index is 2660. The number of carboxylic acid groups (broad SMARTS) is 1. The van der Waals surface area contributed by atoms with Crippen LogP contribution in [0.5, 0.6) is 11.5 Å². The number of hydrogen-bond donors (Lipinski definition) is 2. The van der Waals surface area contributed by atoms with Crippen LogP contribution in [0.3, 0.4) is 0 Å². The van der Waals surface area contributed by atoms with Crippen LogP contribution in [0, 0.1) is 19.7 Å². The van der Waals surface area contributed by atoms with Gasteiger partial charge in [0.25, 0.3) is 0 Å². The number of halogens is 3. The van der Waals surface area contributed by atoms with Gasteiger partial charge >= 0.3 is 5.97 Å². The Balaban J connectivity index is 1.01. The van der Waals surface area contributed by atoms with E-state index >= 15 is 0 Å². The van der Waals surface area contributed by atoms with Crippen LogP contribution in [0.25, 0.3) is 11.1 Å². The minimum atomic E-state index is -1.17. The van der Waals surface area contributed by atoms with Gasteiger partial charge in [-0.2, -0.15) is 0 Å². The highest BCUT2D eigenvalue weighted by Gasteiger charge is 2.36. The number of aromatic nitrogens is 1. The number of aryl methyl sites for hydroxylation is 1. The van der Waals surface area contributed by atoms with Crippen molar-refractivity contribution in [2.45, 2.75) is 83.8 Å². The van der Waals surface area contributed by atoms with Gasteiger partial charge in [-0.3, -0.25) is 14.7 Å². The number of fused-ring (bicyclic) bond motifs is 2. The van der Waals surface area contributed by atoms with E-state index in [4.69, 9.17) is 32.7 Å². The second kappa shape index (κ2) is 19.4. The van der Waals surface area contributed by atoms with E-state index in [-0.39, 0.29) is 31.0 Å². The van der Waals surface area contributed by atoms with Gasteiger partial charge in [-0.25, -0.2) is 9.18 Å². The summed E-state index contributed by atoms with van der Waals surface area (Å²) in [5, 5.41) is 14.2. The average molecular weight is 902 g/mol. The van der Waals surface area contributed by atoms with Crippen LogP contribution in [-0.2, 0) is 35.5 Å². The van der Waals surface area contributed by atoms with Crippen molar-refractivity contribution >= 4 is 40.8 Å². The number of anilines is 1. The smallest absolute Gasteiger partial charge is 0.326 e. The predicted molar refractivity (Wildman–Crippen MR) is 250 cm³/mol. The molecule has 0 saturated carbocycles. The van der Waals surface area contributed by atoms with E-state index < -0.39 is 24.0 Å². The number of aliphatic carboxylic acids is 1. The number of nitrogens with zero attached hydrogens (tertiary/aromatic N) is 3. The Hall–Kier alpha value is -5.94. The summed E-state index contributed by atoms with van der Waals surface area (Å²) < 4.78 is 27.7. The second-order valence-electron chi connectivity index (χ2n) is 16.8. The van der Waals surface area contributed by atoms with Gasteiger partial charge in [-0.15, -0.1) is 0 Å². The first kappa shape index (κ1) is 44.7. The summed E-state index contributed by atoms with van der Waals surface area (Å²) in [7, 11) is 2.04. The molecule has 2 aliphatic heterocycles. The summed E-state index contributed by atoms with van der Waals surface area (Å²) in [6.07, 6.45) is 3.27. The summed E-state index contributed by atoms with van der Waals surface area (Å²) in [6.45, 7) is 7.43. The van der Waals surface area contributed by atoms with Gasteiger partial charge in [0.2, 0.25) is 5.91 Å². The third-order valence-corrected chi connectivity index (χ3v) is 13.2. The van der Waals surface area contributed by atoms with E-state index in [0.717, 1.165) is 86.8 Å². The molecule has 0 unspecified atom stereocenters. The molecule has 8 rings (SSSR count). The molecule has 3 heterocycles. The Morgan fingerprint density at radius 1 is 0.938 bits per heavy atom. The van der Waals surface area contributed by atoms with Crippen molar-refractivity contribution in [2.24, 2.45) is 0 Å². The van der Waals surface area contributed by atoms with E-state index in [0.29, 0.717) is 28.6 Å². The highest BCUT2D eigenvalue weighted by atomic mass is 35.5. The number of ether oxygens (including phenoxy) is 2. The Morgan fingerprint density at radius 3 is 2.44 bits per heavy atom. The fourth-order valence-corrected chi connectivity index (χ4v) is 9.03. The fraction of sp³-hybridized carbons (Fsp3) is 0.288. The average Bonchev–Trinajstić information content (AvgIpc) is 3.44. The number of hydrogen-bond acceptors (Lipinski definition) is 7. The molecule has 330 valence electrons. The van der Waals surface area contributed by atoms with Gasteiger partial charge < -0.3 is 24.8 Å². The van der Waals surface area contributed by atoms with Crippen molar-refractivity contribution in [2.75, 3.05) is 18.5 Å². The molecule has 2 aliphatic rings. The molecule has 0 spiro atoms. The lowest BCUT2D eigenvalue weighted by molar-refractivity contribution is -0.142. The second-order valence-corrected chi connectivity index (χ2v) is 17.6. The van der Waals surface area contributed by atoms with Crippen molar-refractivity contribution in [3.63, 3.8) is 0 Å². The molecule has 5 aromatic carbocycles. The lowest BCUT2D eigenvalue weighted by Gasteiger charge is -2.37. The van der Waals surface area contributed by atoms with Gasteiger partial charge in [0, 0.05) is 51.4 Å². The number of rotatable bonds is 13. The van der Waals surface area contributed by atoms with E-state index in [1.54, 1.807) is 18.3 Å². The van der Waals surface area contributed by atoms with Crippen molar-refractivity contribution in [3.05, 3.63) is 176 Å². The van der Waals surface area contributed by atoms with E-state index in [2.05, 4.69) is 34.3 Å². The Morgan fingerprint density at radius 2 is 1.72 bits per heavy atom. The maximum Gasteiger partial charge on any atom is 0.326 e. The van der Waals surface area contributed by atoms with Crippen LogP contribution < -0.4 is 19.7 Å². The fourth-order valence-electron chi connectivity index (χ4n) is 8.72. The molecule has 2 N–H and O–H groups in total. The standard InChI is InChI=1S/C52H51Cl2FN4O5/c1-5-48(37-15-18-43(53)44(54)25-37)63-41-16-13-36(14-17-41)49-20-22-58(4)46-26-38-27-47(59(30-39(38)28-50(46)64-49)29-34-7-6-8-40(55)23-34)51(60)57-45(52(61)62)24-33-9-11-35(12-10-33)42-19-21-56-32(3)31(42)2/h6-19,21,23,25-26,28,45,47-49H,5,20,22,24,27,29-30H2,1-4H3,(H,57,60)(H,61,62)/t45-,47-,48+,49+/m0/s1. The lowest BCUT2D eigenvalue weighted by Crippen LogP contribution is -2.54. The molecule has 64 heavy (non-hydrogen) atoms. The summed E-state index contributed by atoms with van der Waals surface area (Å²) in [4.78, 5) is 35.6. The quantitative estimate of drug-likeness (QED) is 0.118. The topological polar surface area (TPSA) is 104 Å². The maximum atomic E-state index is 14.5. The molecule has 6 aromatic rings. The molecule has 9 nitrogen and oxygen atoms in total. The van der Waals surface area contributed by atoms with E-state index in [1.165, 1.54) is 12.1 Å². The number of pyridine rings is 1. The summed E-state index contributed by atoms with van der Waals surface area (Å²) in [5.41, 5.74) is 10.4. The number of carbonyl (C=O) groups excluding carboxylic acids is 1. The molecule has 0 bridgehead atoms. The van der Waals surface area contributed by atoms with Crippen molar-refractivity contribution < 1.29 is 28.6 Å². The largest absolute Gasteiger partial charge is 0.486 e. The molecule has 12 heteroatoms. The zero-order valence-electron chi connectivity index (χ0n) is 36.3. The zero-order valence-corrected chi connectivity index (χ0v) is 37.8. The molecule has 1 aromatic heterocycles. The zero-order chi connectivity index (χ0) is 45.1. The molecular formula is C52H51Cl2FN4O5. The van der Waals surface area contributed by atoms with E-state index in [1.807, 2.05) is 98.6 Å². The number of carboxylic acids is 1. The van der Waals surface area contributed by atoms with Crippen molar-refractivity contribution in [1.29, 1.82) is 0 Å². The minimum absolute atomic E-state index is 0.105. The minimum Gasteiger partial charge on any atom is -0.486 e. The monoisotopic (exact) mass is 900 g/mol. The number of nitrogens with one attached hydrogen (secondary N) is 1. The van der Waals surface area contributed by atoms with Gasteiger partial charge in [0.1, 0.15) is 35.6 Å². The summed E-state index contributed by atoms with van der Waals surface area (Å²) in [5.74, 6) is -0.432. The highest BCUT2D eigenvalue weighted by molar-refractivity contribution is 6.42. The first-order chi connectivity index (χ1) is 30.8. The maximum absolute atomic E-state index is 14.5. The van der Waals surface area contributed by atoms with Crippen LogP contribution in [-0.4, -0.2) is 52.5 Å². The molecule has 4 atom stereocenters. The number of amides is 1. The SMILES string of the molecule is CC[C@@H](Oc1ccc([C@H]2CCN(C)c3cc4c(cc3O2)CN(Cc2cccc(F)c2)[C@H](C(=O)N[C@@H](Cc2ccc(-c3ccnc(C)c3C)cc2)C(=O)O)C4)cc1)c1ccc(Cl)c(Cl)c1. The lowest BCUT2D eigenvalue weighted by atomic mass is 9.91. The van der Waals surface area contributed by atoms with E-state index in [9.17, 15) is 19.1 Å². The predicted octanol–water partition coefficient (Wildman–Crippen LogP) is 11.0.